The molecule has 1 unspecified atom stereocenters. The van der Waals surface area contributed by atoms with E-state index in [0.717, 1.165) is 40.4 Å². The Morgan fingerprint density at radius 1 is 1.27 bits per heavy atom. The van der Waals surface area contributed by atoms with Crippen molar-refractivity contribution < 1.29 is 13.2 Å². The third kappa shape index (κ3) is 6.22. The lowest BCUT2D eigenvalue weighted by Gasteiger charge is -2.26. The minimum absolute atomic E-state index is 0.292. The summed E-state index contributed by atoms with van der Waals surface area (Å²) >= 11 is 7.87. The summed E-state index contributed by atoms with van der Waals surface area (Å²) in [5.41, 5.74) is 2.47. The molecule has 1 heterocycles. The summed E-state index contributed by atoms with van der Waals surface area (Å²) < 4.78 is 24.9. The van der Waals surface area contributed by atoms with Gasteiger partial charge in [-0.25, -0.2) is 18.2 Å². The van der Waals surface area contributed by atoms with E-state index in [0.29, 0.717) is 22.9 Å². The topological polar surface area (TPSA) is 82.1 Å². The van der Waals surface area contributed by atoms with Crippen molar-refractivity contribution in [1.29, 1.82) is 0 Å². The van der Waals surface area contributed by atoms with E-state index in [1.165, 1.54) is 12.1 Å². The van der Waals surface area contributed by atoms with Crippen molar-refractivity contribution in [3.8, 4) is 0 Å². The van der Waals surface area contributed by atoms with Crippen LogP contribution in [0.2, 0.25) is 5.02 Å². The van der Waals surface area contributed by atoms with E-state index in [2.05, 4.69) is 18.5 Å². The molecule has 0 bridgehead atoms. The van der Waals surface area contributed by atoms with Crippen molar-refractivity contribution in [3.05, 3.63) is 59.1 Å². The van der Waals surface area contributed by atoms with E-state index in [-0.39, 0.29) is 11.4 Å². The number of carbonyl (C=O) groups excluding carboxylic acids is 1. The summed E-state index contributed by atoms with van der Waals surface area (Å²) in [4.78, 5) is 13.1. The second kappa shape index (κ2) is 10.4. The van der Waals surface area contributed by atoms with Gasteiger partial charge in [0.15, 0.2) is 0 Å². The van der Waals surface area contributed by atoms with Crippen LogP contribution in [-0.2, 0) is 10.0 Å². The molecule has 33 heavy (non-hydrogen) atoms. The van der Waals surface area contributed by atoms with Crippen LogP contribution in [0.25, 0.3) is 0 Å². The average molecular weight is 509 g/mol. The molecule has 0 aromatic heterocycles. The van der Waals surface area contributed by atoms with Crippen LogP contribution in [-0.4, -0.2) is 57.0 Å². The number of urea groups is 1. The Labute approximate surface area is 205 Å². The number of anilines is 2. The molecule has 7 nitrogen and oxygen atoms in total. The molecule has 3 rings (SSSR count). The number of nitrogens with one attached hydrogen (secondary N) is 1. The highest BCUT2D eigenvalue weighted by atomic mass is 35.5. The molecule has 0 radical (unpaired) electrons. The van der Waals surface area contributed by atoms with Gasteiger partial charge in [-0.2, -0.15) is 16.9 Å². The highest BCUT2D eigenvalue weighted by molar-refractivity contribution is 7.98. The number of amides is 2. The molecule has 10 heteroatoms. The first-order valence-electron chi connectivity index (χ1n) is 10.5. The summed E-state index contributed by atoms with van der Waals surface area (Å²) in [6.45, 7) is 2.59. The van der Waals surface area contributed by atoms with Gasteiger partial charge in [-0.1, -0.05) is 36.7 Å². The quantitative estimate of drug-likeness (QED) is 0.501. The van der Waals surface area contributed by atoms with Crippen LogP contribution < -0.4 is 9.62 Å². The lowest BCUT2D eigenvalue weighted by atomic mass is 9.78. The molecule has 0 saturated carbocycles. The number of carbonyl (C=O) groups is 1. The molecule has 0 aliphatic carbocycles. The lowest BCUT2D eigenvalue weighted by Crippen LogP contribution is -2.36. The lowest BCUT2D eigenvalue weighted by molar-refractivity contribution is 0.206. The minimum Gasteiger partial charge on any atom is -0.306 e. The molecule has 2 aromatic rings. The normalized spacial score (nSPS) is 18.2. The maximum absolute atomic E-state index is 13.1. The number of nitrogens with zero attached hydrogens (tertiary/aromatic N) is 3. The molecular weight excluding hydrogens is 480 g/mol. The van der Waals surface area contributed by atoms with Gasteiger partial charge in [-0.05, 0) is 60.7 Å². The van der Waals surface area contributed by atoms with Gasteiger partial charge in [0.05, 0.1) is 24.2 Å². The Morgan fingerprint density at radius 3 is 2.61 bits per heavy atom. The van der Waals surface area contributed by atoms with Crippen LogP contribution in [0.3, 0.4) is 0 Å². The monoisotopic (exact) mass is 508 g/mol. The number of thioether (sulfide) groups is 1. The Balaban J connectivity index is 1.83. The summed E-state index contributed by atoms with van der Waals surface area (Å²) in [5.74, 6) is 1.04. The first-order valence-corrected chi connectivity index (χ1v) is 14.1. The van der Waals surface area contributed by atoms with Crippen molar-refractivity contribution in [2.24, 2.45) is 10.5 Å². The van der Waals surface area contributed by atoms with Gasteiger partial charge < -0.3 is 5.32 Å². The Bertz CT molecular complexity index is 1140. The zero-order valence-electron chi connectivity index (χ0n) is 19.2. The number of halogens is 1. The number of hydrogen-bond donors (Lipinski definition) is 1. The van der Waals surface area contributed by atoms with E-state index in [1.807, 2.05) is 24.3 Å². The second-order valence-electron chi connectivity index (χ2n) is 8.38. The standard InChI is InChI=1S/C23H29ClN4O3S2/c1-23(13-6-14-32-3)16-28(26-21(23)17-9-11-18(24)12-10-17)22(29)25-19-7-5-8-20(15-19)27(2)33(4,30)31/h5,7-12,15H,6,13-14,16H2,1-4H3,(H,25,29). The highest BCUT2D eigenvalue weighted by Gasteiger charge is 2.41. The molecule has 1 aliphatic heterocycles. The van der Waals surface area contributed by atoms with Gasteiger partial charge in [0.25, 0.3) is 0 Å². The molecule has 0 fully saturated rings. The highest BCUT2D eigenvalue weighted by Crippen LogP contribution is 2.36. The molecule has 2 aromatic carbocycles. The van der Waals surface area contributed by atoms with Crippen molar-refractivity contribution in [1.82, 2.24) is 5.01 Å². The SMILES string of the molecule is CSCCCC1(C)CN(C(=O)Nc2cccc(N(C)S(C)(=O)=O)c2)N=C1c1ccc(Cl)cc1. The second-order valence-corrected chi connectivity index (χ2v) is 11.8. The van der Waals surface area contributed by atoms with Crippen molar-refractivity contribution >= 4 is 56.5 Å². The van der Waals surface area contributed by atoms with Gasteiger partial charge in [-0.3, -0.25) is 4.31 Å². The van der Waals surface area contributed by atoms with E-state index in [1.54, 1.807) is 36.0 Å². The average Bonchev–Trinajstić information content (AvgIpc) is 3.11. The number of hydrazone groups is 1. The number of benzene rings is 2. The zero-order chi connectivity index (χ0) is 24.2. The number of hydrogen-bond acceptors (Lipinski definition) is 5. The fourth-order valence-electron chi connectivity index (χ4n) is 3.78. The van der Waals surface area contributed by atoms with Crippen LogP contribution in [0.15, 0.2) is 53.6 Å². The van der Waals surface area contributed by atoms with E-state index in [4.69, 9.17) is 16.7 Å². The van der Waals surface area contributed by atoms with Crippen LogP contribution in [0.1, 0.15) is 25.3 Å². The van der Waals surface area contributed by atoms with Gasteiger partial charge in [0.2, 0.25) is 10.0 Å². The Kier molecular flexibility index (Phi) is 7.97. The van der Waals surface area contributed by atoms with Crippen LogP contribution in [0, 0.1) is 5.41 Å². The maximum atomic E-state index is 13.1. The van der Waals surface area contributed by atoms with Crippen molar-refractivity contribution in [3.63, 3.8) is 0 Å². The summed E-state index contributed by atoms with van der Waals surface area (Å²) in [7, 11) is -1.94. The smallest absolute Gasteiger partial charge is 0.306 e. The largest absolute Gasteiger partial charge is 0.342 e. The van der Waals surface area contributed by atoms with E-state index < -0.39 is 10.0 Å². The zero-order valence-corrected chi connectivity index (χ0v) is 21.6. The van der Waals surface area contributed by atoms with Crippen LogP contribution >= 0.6 is 23.4 Å². The fraction of sp³-hybridized carbons (Fsp3) is 0.391. The third-order valence-electron chi connectivity index (χ3n) is 5.68. The molecule has 178 valence electrons. The van der Waals surface area contributed by atoms with Gasteiger partial charge in [0, 0.05) is 23.2 Å². The van der Waals surface area contributed by atoms with Gasteiger partial charge in [0.1, 0.15) is 0 Å². The van der Waals surface area contributed by atoms with E-state index in [9.17, 15) is 13.2 Å². The summed E-state index contributed by atoms with van der Waals surface area (Å²) in [6, 6.07) is 13.9. The molecule has 0 spiro atoms. The predicted molar refractivity (Wildman–Crippen MR) is 139 cm³/mol. The predicted octanol–water partition coefficient (Wildman–Crippen LogP) is 5.14. The molecule has 1 N–H and O–H groups in total. The molecule has 1 aliphatic rings. The Hall–Kier alpha value is -2.23. The van der Waals surface area contributed by atoms with Crippen LogP contribution in [0.5, 0.6) is 0 Å². The summed E-state index contributed by atoms with van der Waals surface area (Å²) in [6.07, 6.45) is 5.13. The fourth-order valence-corrected chi connectivity index (χ4v) is 4.83. The molecule has 0 saturated heterocycles. The Morgan fingerprint density at radius 2 is 1.97 bits per heavy atom. The minimum atomic E-state index is -3.41. The van der Waals surface area contributed by atoms with Crippen molar-refractivity contribution in [2.75, 3.05) is 41.5 Å². The first kappa shape index (κ1) is 25.4. The number of rotatable bonds is 8. The number of sulfonamides is 1. The molecule has 1 atom stereocenters. The first-order chi connectivity index (χ1) is 15.5. The molecular formula is C23H29ClN4O3S2. The van der Waals surface area contributed by atoms with Gasteiger partial charge in [-0.15, -0.1) is 0 Å². The summed E-state index contributed by atoms with van der Waals surface area (Å²) in [5, 5.41) is 9.65. The molecule has 2 amide bonds. The van der Waals surface area contributed by atoms with Crippen LogP contribution in [0.4, 0.5) is 16.2 Å². The van der Waals surface area contributed by atoms with Crippen molar-refractivity contribution in [2.45, 2.75) is 19.8 Å². The maximum Gasteiger partial charge on any atom is 0.342 e. The van der Waals surface area contributed by atoms with Gasteiger partial charge >= 0.3 is 6.03 Å². The van der Waals surface area contributed by atoms with E-state index >= 15 is 0 Å². The third-order valence-corrected chi connectivity index (χ3v) is 7.83.